The van der Waals surface area contributed by atoms with E-state index in [1.54, 1.807) is 7.05 Å². The van der Waals surface area contributed by atoms with Crippen molar-refractivity contribution < 1.29 is 9.53 Å². The number of hydrogen-bond acceptors (Lipinski definition) is 3. The number of nitrogens with zero attached hydrogens (tertiary/aromatic N) is 1. The van der Waals surface area contributed by atoms with Gasteiger partial charge in [-0.05, 0) is 38.8 Å². The highest BCUT2D eigenvalue weighted by Crippen LogP contribution is 2.14. The summed E-state index contributed by atoms with van der Waals surface area (Å²) in [7, 11) is 1.71. The normalized spacial score (nSPS) is 11.8. The van der Waals surface area contributed by atoms with E-state index in [0.717, 1.165) is 17.0 Å². The number of guanidine groups is 1. The van der Waals surface area contributed by atoms with Gasteiger partial charge in [0.15, 0.2) is 5.96 Å². The molecule has 0 saturated heterocycles. The van der Waals surface area contributed by atoms with Crippen molar-refractivity contribution in [2.24, 2.45) is 4.99 Å². The number of ether oxygens (including phenoxy) is 1. The van der Waals surface area contributed by atoms with E-state index in [4.69, 9.17) is 16.3 Å². The highest BCUT2D eigenvalue weighted by Gasteiger charge is 2.15. The molecule has 0 heterocycles. The summed E-state index contributed by atoms with van der Waals surface area (Å²) in [5.74, 6) is 0.687. The number of aliphatic imine (C=N–C) groups is 1. The zero-order valence-electron chi connectivity index (χ0n) is 14.8. The Bertz CT molecular complexity index is 556. The predicted octanol–water partition coefficient (Wildman–Crippen LogP) is 2.92. The maximum Gasteiger partial charge on any atom is 0.407 e. The minimum atomic E-state index is -0.479. The van der Waals surface area contributed by atoms with Crippen LogP contribution in [0.2, 0.25) is 5.02 Å². The standard InChI is InChI=1S/C17H27ClN4O2/c1-17(2,3)24-16(23)21-11-7-10-20-15(19-4)22-12-13-8-5-6-9-14(13)18/h5-6,8-9H,7,10-12H2,1-4H3,(H,21,23)(H2,19,20,22). The first kappa shape index (κ1) is 20.1. The Hall–Kier alpha value is -1.95. The summed E-state index contributed by atoms with van der Waals surface area (Å²) in [5, 5.41) is 9.83. The van der Waals surface area contributed by atoms with E-state index in [-0.39, 0.29) is 0 Å². The maximum atomic E-state index is 11.5. The predicted molar refractivity (Wildman–Crippen MR) is 98.5 cm³/mol. The molecule has 6 nitrogen and oxygen atoms in total. The maximum absolute atomic E-state index is 11.5. The molecule has 0 spiro atoms. The number of hydrogen-bond donors (Lipinski definition) is 3. The molecule has 0 aliphatic carbocycles. The van der Waals surface area contributed by atoms with Crippen molar-refractivity contribution in [2.45, 2.75) is 39.3 Å². The number of carbonyl (C=O) groups is 1. The molecule has 0 saturated carbocycles. The topological polar surface area (TPSA) is 74.8 Å². The van der Waals surface area contributed by atoms with Crippen molar-refractivity contribution in [3.63, 3.8) is 0 Å². The Morgan fingerprint density at radius 1 is 1.17 bits per heavy atom. The van der Waals surface area contributed by atoms with Crippen LogP contribution in [0.3, 0.4) is 0 Å². The molecule has 0 atom stereocenters. The minimum Gasteiger partial charge on any atom is -0.444 e. The van der Waals surface area contributed by atoms with Gasteiger partial charge in [-0.2, -0.15) is 0 Å². The number of amides is 1. The summed E-state index contributed by atoms with van der Waals surface area (Å²) < 4.78 is 5.17. The summed E-state index contributed by atoms with van der Waals surface area (Å²) in [6, 6.07) is 7.67. The summed E-state index contributed by atoms with van der Waals surface area (Å²) in [6.45, 7) is 7.31. The zero-order chi connectivity index (χ0) is 18.0. The van der Waals surface area contributed by atoms with Gasteiger partial charge < -0.3 is 20.7 Å². The summed E-state index contributed by atoms with van der Waals surface area (Å²) in [4.78, 5) is 15.7. The summed E-state index contributed by atoms with van der Waals surface area (Å²) in [6.07, 6.45) is 0.357. The molecule has 1 aromatic carbocycles. The van der Waals surface area contributed by atoms with E-state index in [9.17, 15) is 4.79 Å². The van der Waals surface area contributed by atoms with Gasteiger partial charge in [0.25, 0.3) is 0 Å². The van der Waals surface area contributed by atoms with Gasteiger partial charge in [0.2, 0.25) is 0 Å². The second-order valence-corrected chi connectivity index (χ2v) is 6.63. The van der Waals surface area contributed by atoms with E-state index in [1.807, 2.05) is 45.0 Å². The number of halogens is 1. The molecule has 0 radical (unpaired) electrons. The fourth-order valence-electron chi connectivity index (χ4n) is 1.84. The quantitative estimate of drug-likeness (QED) is 0.417. The first-order chi connectivity index (χ1) is 11.3. The largest absolute Gasteiger partial charge is 0.444 e. The lowest BCUT2D eigenvalue weighted by Crippen LogP contribution is -2.39. The number of benzene rings is 1. The fraction of sp³-hybridized carbons (Fsp3) is 0.529. The van der Waals surface area contributed by atoms with Crippen LogP contribution >= 0.6 is 11.6 Å². The summed E-state index contributed by atoms with van der Waals surface area (Å²) in [5.41, 5.74) is 0.529. The molecular weight excluding hydrogens is 328 g/mol. The molecule has 0 bridgehead atoms. The molecule has 24 heavy (non-hydrogen) atoms. The Morgan fingerprint density at radius 3 is 2.46 bits per heavy atom. The molecule has 1 aromatic rings. The monoisotopic (exact) mass is 354 g/mol. The van der Waals surface area contributed by atoms with Crippen LogP contribution in [0.25, 0.3) is 0 Å². The lowest BCUT2D eigenvalue weighted by atomic mass is 10.2. The molecule has 7 heteroatoms. The van der Waals surface area contributed by atoms with E-state index in [2.05, 4.69) is 20.9 Å². The van der Waals surface area contributed by atoms with Crippen molar-refractivity contribution in [3.05, 3.63) is 34.9 Å². The van der Waals surface area contributed by atoms with Crippen molar-refractivity contribution >= 4 is 23.7 Å². The Morgan fingerprint density at radius 2 is 1.83 bits per heavy atom. The molecule has 0 aromatic heterocycles. The average Bonchev–Trinajstić information content (AvgIpc) is 2.49. The smallest absolute Gasteiger partial charge is 0.407 e. The molecule has 1 rings (SSSR count). The number of nitrogens with one attached hydrogen (secondary N) is 3. The van der Waals surface area contributed by atoms with E-state index in [0.29, 0.717) is 25.6 Å². The number of alkyl carbamates (subject to hydrolysis) is 1. The van der Waals surface area contributed by atoms with Gasteiger partial charge >= 0.3 is 6.09 Å². The van der Waals surface area contributed by atoms with Crippen LogP contribution in [0.5, 0.6) is 0 Å². The molecular formula is C17H27ClN4O2. The molecule has 1 amide bonds. The van der Waals surface area contributed by atoms with Crippen LogP contribution in [0.4, 0.5) is 4.79 Å². The Kier molecular flexibility index (Phi) is 8.40. The third-order valence-corrected chi connectivity index (χ3v) is 3.31. The van der Waals surface area contributed by atoms with Gasteiger partial charge in [-0.25, -0.2) is 4.79 Å². The first-order valence-corrected chi connectivity index (χ1v) is 8.34. The highest BCUT2D eigenvalue weighted by atomic mass is 35.5. The number of carbonyl (C=O) groups excluding carboxylic acids is 1. The first-order valence-electron chi connectivity index (χ1n) is 7.96. The second-order valence-electron chi connectivity index (χ2n) is 6.23. The summed E-state index contributed by atoms with van der Waals surface area (Å²) >= 11 is 6.12. The molecule has 134 valence electrons. The van der Waals surface area contributed by atoms with Crippen molar-refractivity contribution in [3.8, 4) is 0 Å². The number of rotatable bonds is 6. The van der Waals surface area contributed by atoms with Crippen LogP contribution < -0.4 is 16.0 Å². The lowest BCUT2D eigenvalue weighted by Gasteiger charge is -2.19. The third-order valence-electron chi connectivity index (χ3n) is 2.94. The van der Waals surface area contributed by atoms with E-state index >= 15 is 0 Å². The highest BCUT2D eigenvalue weighted by molar-refractivity contribution is 6.31. The van der Waals surface area contributed by atoms with Gasteiger partial charge in [0.05, 0.1) is 0 Å². The molecule has 0 aliphatic rings. The molecule has 0 fully saturated rings. The zero-order valence-corrected chi connectivity index (χ0v) is 15.5. The van der Waals surface area contributed by atoms with Crippen LogP contribution in [0.1, 0.15) is 32.8 Å². The van der Waals surface area contributed by atoms with Gasteiger partial charge in [-0.15, -0.1) is 0 Å². The molecule has 3 N–H and O–H groups in total. The van der Waals surface area contributed by atoms with Crippen LogP contribution in [0.15, 0.2) is 29.3 Å². The minimum absolute atomic E-state index is 0.399. The SMILES string of the molecule is CN=C(NCCCNC(=O)OC(C)(C)C)NCc1ccccc1Cl. The van der Waals surface area contributed by atoms with Crippen molar-refractivity contribution in [1.82, 2.24) is 16.0 Å². The molecule has 0 unspecified atom stereocenters. The fourth-order valence-corrected chi connectivity index (χ4v) is 2.04. The van der Waals surface area contributed by atoms with Crippen LogP contribution in [0, 0.1) is 0 Å². The van der Waals surface area contributed by atoms with Gasteiger partial charge in [0.1, 0.15) is 5.60 Å². The van der Waals surface area contributed by atoms with E-state index < -0.39 is 11.7 Å². The third kappa shape index (κ3) is 8.62. The second kappa shape index (κ2) is 10.0. The van der Waals surface area contributed by atoms with Gasteiger partial charge in [0, 0.05) is 31.7 Å². The molecule has 0 aliphatic heterocycles. The lowest BCUT2D eigenvalue weighted by molar-refractivity contribution is 0.0527. The Balaban J connectivity index is 2.21. The Labute approximate surface area is 149 Å². The van der Waals surface area contributed by atoms with Crippen LogP contribution in [-0.4, -0.2) is 37.8 Å². The van der Waals surface area contributed by atoms with Gasteiger partial charge in [-0.1, -0.05) is 29.8 Å². The van der Waals surface area contributed by atoms with E-state index in [1.165, 1.54) is 0 Å². The van der Waals surface area contributed by atoms with Crippen molar-refractivity contribution in [2.75, 3.05) is 20.1 Å². The average molecular weight is 355 g/mol. The van der Waals surface area contributed by atoms with Gasteiger partial charge in [-0.3, -0.25) is 4.99 Å². The van der Waals surface area contributed by atoms with Crippen LogP contribution in [-0.2, 0) is 11.3 Å². The van der Waals surface area contributed by atoms with Crippen molar-refractivity contribution in [1.29, 1.82) is 0 Å².